The van der Waals surface area contributed by atoms with Crippen molar-refractivity contribution in [2.75, 3.05) is 6.61 Å². The maximum Gasteiger partial charge on any atom is 0.123 e. The Kier molecular flexibility index (Phi) is 5.68. The van der Waals surface area contributed by atoms with E-state index in [0.717, 1.165) is 41.1 Å². The molecule has 0 aliphatic rings. The Morgan fingerprint density at radius 3 is 2.90 bits per heavy atom. The van der Waals surface area contributed by atoms with Gasteiger partial charge in [0.05, 0.1) is 18.9 Å². The Morgan fingerprint density at radius 2 is 2.20 bits per heavy atom. The molecule has 0 fully saturated rings. The van der Waals surface area contributed by atoms with Gasteiger partial charge in [0.25, 0.3) is 0 Å². The molecule has 20 heavy (non-hydrogen) atoms. The quantitative estimate of drug-likeness (QED) is 0.796. The Morgan fingerprint density at radius 1 is 1.35 bits per heavy atom. The van der Waals surface area contributed by atoms with Crippen LogP contribution in [0.1, 0.15) is 37.6 Å². The van der Waals surface area contributed by atoms with E-state index in [0.29, 0.717) is 0 Å². The SMILES string of the molecule is CCCOc1ccc(Br)cc1CN[C@@H](C)c1ccco1. The first-order chi connectivity index (χ1) is 9.70. The minimum Gasteiger partial charge on any atom is -0.493 e. The van der Waals surface area contributed by atoms with Gasteiger partial charge >= 0.3 is 0 Å². The molecule has 2 aromatic rings. The maximum absolute atomic E-state index is 5.78. The fourth-order valence-electron chi connectivity index (χ4n) is 1.94. The number of benzene rings is 1. The van der Waals surface area contributed by atoms with Crippen LogP contribution in [0.25, 0.3) is 0 Å². The van der Waals surface area contributed by atoms with Crippen LogP contribution in [0.5, 0.6) is 5.75 Å². The highest BCUT2D eigenvalue weighted by Gasteiger charge is 2.10. The average Bonchev–Trinajstić information content (AvgIpc) is 2.98. The van der Waals surface area contributed by atoms with Crippen molar-refractivity contribution in [3.63, 3.8) is 0 Å². The van der Waals surface area contributed by atoms with E-state index in [1.165, 1.54) is 0 Å². The normalized spacial score (nSPS) is 12.3. The average molecular weight is 338 g/mol. The van der Waals surface area contributed by atoms with Gasteiger partial charge in [0.15, 0.2) is 0 Å². The number of hydrogen-bond donors (Lipinski definition) is 1. The number of rotatable bonds is 7. The Hall–Kier alpha value is -1.26. The highest BCUT2D eigenvalue weighted by atomic mass is 79.9. The topological polar surface area (TPSA) is 34.4 Å². The zero-order valence-electron chi connectivity index (χ0n) is 11.9. The van der Waals surface area contributed by atoms with Gasteiger partial charge in [-0.1, -0.05) is 22.9 Å². The second-order valence-electron chi connectivity index (χ2n) is 4.72. The molecular formula is C16H20BrNO2. The first-order valence-corrected chi connectivity index (χ1v) is 7.68. The van der Waals surface area contributed by atoms with Gasteiger partial charge in [-0.15, -0.1) is 0 Å². The van der Waals surface area contributed by atoms with Crippen LogP contribution in [0.2, 0.25) is 0 Å². The van der Waals surface area contributed by atoms with Gasteiger partial charge in [-0.3, -0.25) is 0 Å². The lowest BCUT2D eigenvalue weighted by atomic mass is 10.1. The van der Waals surface area contributed by atoms with Crippen LogP contribution in [0.3, 0.4) is 0 Å². The van der Waals surface area contributed by atoms with Gasteiger partial charge in [-0.05, 0) is 43.7 Å². The summed E-state index contributed by atoms with van der Waals surface area (Å²) in [7, 11) is 0. The predicted octanol–water partition coefficient (Wildman–Crippen LogP) is 4.68. The van der Waals surface area contributed by atoms with E-state index in [1.54, 1.807) is 6.26 Å². The molecule has 2 rings (SSSR count). The molecular weight excluding hydrogens is 318 g/mol. The molecule has 1 heterocycles. The van der Waals surface area contributed by atoms with Crippen molar-refractivity contribution in [1.29, 1.82) is 0 Å². The Balaban J connectivity index is 2.02. The zero-order valence-corrected chi connectivity index (χ0v) is 13.4. The van der Waals surface area contributed by atoms with Gasteiger partial charge in [-0.25, -0.2) is 0 Å². The molecule has 0 amide bonds. The molecule has 1 aromatic heterocycles. The fraction of sp³-hybridized carbons (Fsp3) is 0.375. The summed E-state index contributed by atoms with van der Waals surface area (Å²) in [5.41, 5.74) is 1.14. The van der Waals surface area contributed by atoms with Crippen molar-refractivity contribution >= 4 is 15.9 Å². The molecule has 0 unspecified atom stereocenters. The van der Waals surface area contributed by atoms with Crippen molar-refractivity contribution in [3.05, 3.63) is 52.4 Å². The van der Waals surface area contributed by atoms with Gasteiger partial charge in [-0.2, -0.15) is 0 Å². The van der Waals surface area contributed by atoms with Gasteiger partial charge in [0, 0.05) is 16.6 Å². The highest BCUT2D eigenvalue weighted by molar-refractivity contribution is 9.10. The van der Waals surface area contributed by atoms with Gasteiger partial charge in [0.2, 0.25) is 0 Å². The smallest absolute Gasteiger partial charge is 0.123 e. The standard InChI is InChI=1S/C16H20BrNO2/c1-3-8-19-16-7-6-14(17)10-13(16)11-18-12(2)15-5-4-9-20-15/h4-7,9-10,12,18H,3,8,11H2,1-2H3/t12-/m0/s1. The van der Waals surface area contributed by atoms with Crippen LogP contribution in [-0.4, -0.2) is 6.61 Å². The predicted molar refractivity (Wildman–Crippen MR) is 83.9 cm³/mol. The van der Waals surface area contributed by atoms with Crippen LogP contribution < -0.4 is 10.1 Å². The number of furan rings is 1. The minimum absolute atomic E-state index is 0.169. The molecule has 1 atom stereocenters. The van der Waals surface area contributed by atoms with Crippen molar-refractivity contribution < 1.29 is 9.15 Å². The summed E-state index contributed by atoms with van der Waals surface area (Å²) >= 11 is 3.51. The summed E-state index contributed by atoms with van der Waals surface area (Å²) in [6, 6.07) is 10.2. The van der Waals surface area contributed by atoms with Crippen LogP contribution in [-0.2, 0) is 6.54 Å². The van der Waals surface area contributed by atoms with Crippen LogP contribution >= 0.6 is 15.9 Å². The summed E-state index contributed by atoms with van der Waals surface area (Å²) in [4.78, 5) is 0. The molecule has 0 aliphatic heterocycles. The first-order valence-electron chi connectivity index (χ1n) is 6.88. The van der Waals surface area contributed by atoms with Crippen molar-refractivity contribution in [3.8, 4) is 5.75 Å². The Bertz CT molecular complexity index is 525. The molecule has 0 radical (unpaired) electrons. The van der Waals surface area contributed by atoms with E-state index in [4.69, 9.17) is 9.15 Å². The Labute approximate surface area is 128 Å². The summed E-state index contributed by atoms with van der Waals surface area (Å²) < 4.78 is 12.2. The maximum atomic E-state index is 5.78. The summed E-state index contributed by atoms with van der Waals surface area (Å²) in [5.74, 6) is 1.88. The molecule has 3 nitrogen and oxygen atoms in total. The number of halogens is 1. The molecule has 0 aliphatic carbocycles. The third-order valence-corrected chi connectivity index (χ3v) is 3.55. The lowest BCUT2D eigenvalue weighted by Gasteiger charge is -2.15. The third kappa shape index (κ3) is 4.12. The molecule has 108 valence electrons. The van der Waals surface area contributed by atoms with Crippen LogP contribution in [0.15, 0.2) is 45.5 Å². The summed E-state index contributed by atoms with van der Waals surface area (Å²) in [6.07, 6.45) is 2.70. The lowest BCUT2D eigenvalue weighted by molar-refractivity contribution is 0.312. The largest absolute Gasteiger partial charge is 0.493 e. The van der Waals surface area contributed by atoms with E-state index in [1.807, 2.05) is 24.3 Å². The zero-order chi connectivity index (χ0) is 14.4. The van der Waals surface area contributed by atoms with Gasteiger partial charge < -0.3 is 14.5 Å². The second-order valence-corrected chi connectivity index (χ2v) is 5.63. The molecule has 0 saturated heterocycles. The highest BCUT2D eigenvalue weighted by Crippen LogP contribution is 2.24. The van der Waals surface area contributed by atoms with Crippen molar-refractivity contribution in [2.24, 2.45) is 0 Å². The molecule has 0 spiro atoms. The van der Waals surface area contributed by atoms with E-state index < -0.39 is 0 Å². The third-order valence-electron chi connectivity index (χ3n) is 3.05. The number of nitrogens with one attached hydrogen (secondary N) is 1. The van der Waals surface area contributed by atoms with Crippen LogP contribution in [0.4, 0.5) is 0 Å². The monoisotopic (exact) mass is 337 g/mol. The summed E-state index contributed by atoms with van der Waals surface area (Å²) in [6.45, 7) is 5.67. The number of hydrogen-bond acceptors (Lipinski definition) is 3. The van der Waals surface area contributed by atoms with Crippen molar-refractivity contribution in [1.82, 2.24) is 5.32 Å². The molecule has 4 heteroatoms. The van der Waals surface area contributed by atoms with Crippen molar-refractivity contribution in [2.45, 2.75) is 32.9 Å². The van der Waals surface area contributed by atoms with E-state index in [9.17, 15) is 0 Å². The van der Waals surface area contributed by atoms with E-state index in [-0.39, 0.29) is 6.04 Å². The molecule has 1 aromatic carbocycles. The molecule has 0 bridgehead atoms. The molecule has 1 N–H and O–H groups in total. The minimum atomic E-state index is 0.169. The van der Waals surface area contributed by atoms with E-state index >= 15 is 0 Å². The number of ether oxygens (including phenoxy) is 1. The second kappa shape index (κ2) is 7.50. The summed E-state index contributed by atoms with van der Waals surface area (Å²) in [5, 5.41) is 3.45. The molecule has 0 saturated carbocycles. The lowest BCUT2D eigenvalue weighted by Crippen LogP contribution is -2.18. The fourth-order valence-corrected chi connectivity index (χ4v) is 2.35. The first kappa shape index (κ1) is 15.1. The van der Waals surface area contributed by atoms with Crippen LogP contribution in [0, 0.1) is 0 Å². The van der Waals surface area contributed by atoms with Gasteiger partial charge in [0.1, 0.15) is 11.5 Å². The van der Waals surface area contributed by atoms with E-state index in [2.05, 4.69) is 41.2 Å².